The quantitative estimate of drug-likeness (QED) is 0.264. The number of rotatable bonds is 9. The van der Waals surface area contributed by atoms with Crippen LogP contribution in [0.15, 0.2) is 60.7 Å². The molecular formula is C34H43N3O5. The van der Waals surface area contributed by atoms with Crippen molar-refractivity contribution < 1.29 is 24.2 Å². The van der Waals surface area contributed by atoms with Crippen molar-refractivity contribution in [2.24, 2.45) is 11.8 Å². The Balaban J connectivity index is 1.77. The Hall–Kier alpha value is -4.07. The zero-order valence-electron chi connectivity index (χ0n) is 25.6. The maximum atomic E-state index is 14.5. The van der Waals surface area contributed by atoms with Gasteiger partial charge in [0.2, 0.25) is 5.91 Å². The number of aromatic hydroxyl groups is 1. The number of ether oxygens (including phenoxy) is 1. The van der Waals surface area contributed by atoms with Gasteiger partial charge in [-0.3, -0.25) is 9.59 Å². The number of aryl methyl sites for hydroxylation is 1. The van der Waals surface area contributed by atoms with Crippen LogP contribution in [-0.4, -0.2) is 45.6 Å². The standard InChI is InChI=1S/C34H43N3O5/c1-8-20(2)28(36-33(41)42-34(5,6)7)32(40)37(27-18-22(27)4)29(26-15-11-12-21(3)30(26)38)31(39)35-25-17-16-23-13-9-10-14-24(23)19-25/h9-17,19-20,22,27-29,38H,8,18H2,1-7H3,(H,35,39)(H,36,41). The smallest absolute Gasteiger partial charge is 0.408 e. The Bertz CT molecular complexity index is 1460. The van der Waals surface area contributed by atoms with Crippen molar-refractivity contribution >= 4 is 34.4 Å². The molecule has 8 heteroatoms. The fraction of sp³-hybridized carbons (Fsp3) is 0.441. The van der Waals surface area contributed by atoms with E-state index in [1.54, 1.807) is 50.8 Å². The summed E-state index contributed by atoms with van der Waals surface area (Å²) in [7, 11) is 0. The van der Waals surface area contributed by atoms with Crippen LogP contribution in [0.25, 0.3) is 10.8 Å². The largest absolute Gasteiger partial charge is 0.507 e. The van der Waals surface area contributed by atoms with Gasteiger partial charge in [0.15, 0.2) is 0 Å². The molecule has 3 amide bonds. The van der Waals surface area contributed by atoms with Crippen LogP contribution in [-0.2, 0) is 14.3 Å². The lowest BCUT2D eigenvalue weighted by molar-refractivity contribution is -0.142. The highest BCUT2D eigenvalue weighted by Gasteiger charge is 2.49. The highest BCUT2D eigenvalue weighted by Crippen LogP contribution is 2.43. The Labute approximate surface area is 248 Å². The molecule has 0 spiro atoms. The molecule has 3 aromatic carbocycles. The van der Waals surface area contributed by atoms with E-state index >= 15 is 0 Å². The minimum absolute atomic E-state index is 0.0394. The number of carbonyl (C=O) groups excluding carboxylic acids is 3. The summed E-state index contributed by atoms with van der Waals surface area (Å²) in [4.78, 5) is 43.2. The Morgan fingerprint density at radius 3 is 2.33 bits per heavy atom. The number of nitrogens with zero attached hydrogens (tertiary/aromatic N) is 1. The first-order valence-corrected chi connectivity index (χ1v) is 14.7. The molecule has 1 fully saturated rings. The highest BCUT2D eigenvalue weighted by atomic mass is 16.6. The monoisotopic (exact) mass is 573 g/mol. The lowest BCUT2D eigenvalue weighted by Gasteiger charge is -2.36. The van der Waals surface area contributed by atoms with Crippen molar-refractivity contribution in [2.45, 2.75) is 85.0 Å². The van der Waals surface area contributed by atoms with Crippen LogP contribution in [0.4, 0.5) is 10.5 Å². The van der Waals surface area contributed by atoms with Gasteiger partial charge in [-0.2, -0.15) is 0 Å². The van der Waals surface area contributed by atoms with E-state index in [1.807, 2.05) is 63.2 Å². The van der Waals surface area contributed by atoms with E-state index in [-0.39, 0.29) is 29.5 Å². The minimum Gasteiger partial charge on any atom is -0.507 e. The summed E-state index contributed by atoms with van der Waals surface area (Å²) in [5.74, 6) is -0.960. The van der Waals surface area contributed by atoms with Gasteiger partial charge in [-0.1, -0.05) is 75.7 Å². The van der Waals surface area contributed by atoms with E-state index in [1.165, 1.54) is 0 Å². The molecule has 5 unspecified atom stereocenters. The first-order chi connectivity index (χ1) is 19.8. The zero-order chi connectivity index (χ0) is 30.8. The number of fused-ring (bicyclic) bond motifs is 1. The molecule has 0 saturated heterocycles. The fourth-order valence-electron chi connectivity index (χ4n) is 5.25. The van der Waals surface area contributed by atoms with Crippen LogP contribution in [0.3, 0.4) is 0 Å². The average molecular weight is 574 g/mol. The Morgan fingerprint density at radius 1 is 1.05 bits per heavy atom. The number of anilines is 1. The zero-order valence-corrected chi connectivity index (χ0v) is 25.6. The van der Waals surface area contributed by atoms with E-state index in [0.717, 1.165) is 10.8 Å². The molecule has 0 radical (unpaired) electrons. The number of para-hydroxylation sites is 1. The van der Waals surface area contributed by atoms with Crippen molar-refractivity contribution in [1.82, 2.24) is 10.2 Å². The predicted molar refractivity (Wildman–Crippen MR) is 165 cm³/mol. The molecule has 1 aliphatic rings. The van der Waals surface area contributed by atoms with Gasteiger partial charge in [-0.25, -0.2) is 4.79 Å². The summed E-state index contributed by atoms with van der Waals surface area (Å²) in [5.41, 5.74) is 0.768. The third kappa shape index (κ3) is 7.04. The lowest BCUT2D eigenvalue weighted by Crippen LogP contribution is -2.55. The SMILES string of the molecule is CCC(C)C(NC(=O)OC(C)(C)C)C(=O)N(C(C(=O)Nc1ccc2ccccc2c1)c1cccc(C)c1O)C1CC1C. The summed E-state index contributed by atoms with van der Waals surface area (Å²) in [5, 5.41) is 19.0. The Morgan fingerprint density at radius 2 is 1.71 bits per heavy atom. The van der Waals surface area contributed by atoms with E-state index < -0.39 is 29.7 Å². The molecule has 8 nitrogen and oxygen atoms in total. The van der Waals surface area contributed by atoms with E-state index in [0.29, 0.717) is 29.7 Å². The summed E-state index contributed by atoms with van der Waals surface area (Å²) in [6.45, 7) is 12.9. The van der Waals surface area contributed by atoms with Gasteiger partial charge in [0.05, 0.1) is 0 Å². The third-order valence-electron chi connectivity index (χ3n) is 7.94. The van der Waals surface area contributed by atoms with Gasteiger partial charge in [0, 0.05) is 17.3 Å². The lowest BCUT2D eigenvalue weighted by atomic mass is 9.94. The van der Waals surface area contributed by atoms with Crippen molar-refractivity contribution in [3.05, 3.63) is 71.8 Å². The number of amides is 3. The molecule has 1 aliphatic carbocycles. The van der Waals surface area contributed by atoms with Gasteiger partial charge in [-0.05, 0) is 74.4 Å². The summed E-state index contributed by atoms with van der Waals surface area (Å²) in [6.07, 6.45) is 0.627. The molecule has 0 heterocycles. The van der Waals surface area contributed by atoms with Crippen LogP contribution in [0.1, 0.15) is 71.6 Å². The number of carbonyl (C=O) groups is 3. The van der Waals surface area contributed by atoms with Crippen molar-refractivity contribution in [3.63, 3.8) is 0 Å². The molecule has 5 atom stereocenters. The van der Waals surface area contributed by atoms with Gasteiger partial charge < -0.3 is 25.4 Å². The summed E-state index contributed by atoms with van der Waals surface area (Å²) in [6, 6.07) is 16.4. The third-order valence-corrected chi connectivity index (χ3v) is 7.94. The van der Waals surface area contributed by atoms with Crippen molar-refractivity contribution in [2.75, 3.05) is 5.32 Å². The van der Waals surface area contributed by atoms with E-state index in [4.69, 9.17) is 4.74 Å². The first-order valence-electron chi connectivity index (χ1n) is 14.7. The van der Waals surface area contributed by atoms with Gasteiger partial charge >= 0.3 is 6.09 Å². The second-order valence-corrected chi connectivity index (χ2v) is 12.5. The number of alkyl carbamates (subject to hydrolysis) is 1. The van der Waals surface area contributed by atoms with Crippen LogP contribution in [0.5, 0.6) is 5.75 Å². The number of phenolic OH excluding ortho intramolecular Hbond substituents is 1. The predicted octanol–water partition coefficient (Wildman–Crippen LogP) is 6.71. The highest BCUT2D eigenvalue weighted by molar-refractivity contribution is 6.01. The number of phenols is 1. The van der Waals surface area contributed by atoms with Gasteiger partial charge in [0.1, 0.15) is 23.4 Å². The average Bonchev–Trinajstić information content (AvgIpc) is 3.65. The topological polar surface area (TPSA) is 108 Å². The fourth-order valence-corrected chi connectivity index (χ4v) is 5.25. The van der Waals surface area contributed by atoms with Crippen molar-refractivity contribution in [1.29, 1.82) is 0 Å². The minimum atomic E-state index is -1.13. The second-order valence-electron chi connectivity index (χ2n) is 12.5. The molecule has 3 N–H and O–H groups in total. The molecule has 224 valence electrons. The molecule has 0 bridgehead atoms. The van der Waals surface area contributed by atoms with Crippen LogP contribution in [0, 0.1) is 18.8 Å². The van der Waals surface area contributed by atoms with E-state index in [2.05, 4.69) is 10.6 Å². The first kappa shape index (κ1) is 30.9. The molecule has 1 saturated carbocycles. The molecule has 42 heavy (non-hydrogen) atoms. The molecule has 0 aromatic heterocycles. The van der Waals surface area contributed by atoms with Gasteiger partial charge in [-0.15, -0.1) is 0 Å². The van der Waals surface area contributed by atoms with Crippen LogP contribution < -0.4 is 10.6 Å². The number of benzene rings is 3. The second kappa shape index (κ2) is 12.4. The summed E-state index contributed by atoms with van der Waals surface area (Å²) < 4.78 is 5.49. The van der Waals surface area contributed by atoms with Crippen molar-refractivity contribution in [3.8, 4) is 5.75 Å². The van der Waals surface area contributed by atoms with Crippen LogP contribution >= 0.6 is 0 Å². The Kier molecular flexibility index (Phi) is 9.14. The number of hydrogen-bond donors (Lipinski definition) is 3. The number of hydrogen-bond acceptors (Lipinski definition) is 5. The summed E-state index contributed by atoms with van der Waals surface area (Å²) >= 11 is 0. The maximum Gasteiger partial charge on any atom is 0.408 e. The molecule has 0 aliphatic heterocycles. The maximum absolute atomic E-state index is 14.5. The molecule has 4 rings (SSSR count). The van der Waals surface area contributed by atoms with E-state index in [9.17, 15) is 19.5 Å². The van der Waals surface area contributed by atoms with Crippen LogP contribution in [0.2, 0.25) is 0 Å². The number of nitrogens with one attached hydrogen (secondary N) is 2. The molecule has 3 aromatic rings. The molecular weight excluding hydrogens is 530 g/mol. The normalized spacial score (nSPS) is 18.5. The van der Waals surface area contributed by atoms with Gasteiger partial charge in [0.25, 0.3) is 5.91 Å².